The molecule has 1 heterocycles. The zero-order chi connectivity index (χ0) is 19.9. The molecule has 0 radical (unpaired) electrons. The molecule has 2 rings (SSSR count). The number of nitrogens with zero attached hydrogens (tertiary/aromatic N) is 1. The van der Waals surface area contributed by atoms with Crippen LogP contribution >= 0.6 is 0 Å². The molecule has 140 valence electrons. The molecule has 0 aliphatic rings. The van der Waals surface area contributed by atoms with Crippen LogP contribution in [0, 0.1) is 12.0 Å². The molecule has 1 aromatic carbocycles. The number of pyridine rings is 1. The number of nitrogens with one attached hydrogen (secondary N) is 1. The second kappa shape index (κ2) is 8.86. The number of carbonyl (C=O) groups is 2. The van der Waals surface area contributed by atoms with Crippen molar-refractivity contribution in [1.82, 2.24) is 10.3 Å². The Morgan fingerprint density at radius 1 is 1.11 bits per heavy atom. The van der Waals surface area contributed by atoms with E-state index in [2.05, 4.69) is 27.0 Å². The summed E-state index contributed by atoms with van der Waals surface area (Å²) in [5, 5.41) is 2.94. The molecule has 0 unspecified atom stereocenters. The Morgan fingerprint density at radius 2 is 1.85 bits per heavy atom. The summed E-state index contributed by atoms with van der Waals surface area (Å²) < 4.78 is 10.0. The number of carbonyl (C=O) groups excluding carboxylic acids is 2. The minimum Gasteiger partial charge on any atom is -0.465 e. The van der Waals surface area contributed by atoms with E-state index in [9.17, 15) is 9.59 Å². The predicted molar refractivity (Wildman–Crippen MR) is 101 cm³/mol. The smallest absolute Gasteiger partial charge is 0.339 e. The maximum Gasteiger partial charge on any atom is 0.339 e. The lowest BCUT2D eigenvalue weighted by molar-refractivity contribution is 0.00690. The van der Waals surface area contributed by atoms with Crippen molar-refractivity contribution in [1.29, 1.82) is 0 Å². The van der Waals surface area contributed by atoms with Gasteiger partial charge in [0.25, 0.3) is 0 Å². The fraction of sp³-hybridized carbons (Fsp3) is 0.286. The summed E-state index contributed by atoms with van der Waals surface area (Å²) in [6.45, 7) is 5.85. The third-order valence-corrected chi connectivity index (χ3v) is 3.35. The van der Waals surface area contributed by atoms with Crippen molar-refractivity contribution in [2.24, 2.45) is 0 Å². The Morgan fingerprint density at radius 3 is 2.48 bits per heavy atom. The predicted octanol–water partition coefficient (Wildman–Crippen LogP) is 2.92. The van der Waals surface area contributed by atoms with E-state index in [1.165, 1.54) is 13.3 Å². The van der Waals surface area contributed by atoms with Gasteiger partial charge in [-0.25, -0.2) is 9.59 Å². The standard InChI is InChI=1S/C21H22N2O4/c1-21(2,3)27-20(25)18-8-6-5-7-15(18)11-12-22-14-17-10-9-16(13-23-17)19(24)26-4/h5-10,13,22H,14H2,1-4H3. The van der Waals surface area contributed by atoms with E-state index in [1.54, 1.807) is 30.3 Å². The minimum atomic E-state index is -0.572. The maximum atomic E-state index is 12.3. The van der Waals surface area contributed by atoms with Gasteiger partial charge >= 0.3 is 11.9 Å². The van der Waals surface area contributed by atoms with Gasteiger partial charge in [0.05, 0.1) is 30.5 Å². The molecule has 27 heavy (non-hydrogen) atoms. The summed E-state index contributed by atoms with van der Waals surface area (Å²) in [4.78, 5) is 27.8. The molecule has 0 amide bonds. The van der Waals surface area contributed by atoms with E-state index in [1.807, 2.05) is 26.8 Å². The molecule has 0 saturated heterocycles. The van der Waals surface area contributed by atoms with E-state index in [-0.39, 0.29) is 0 Å². The van der Waals surface area contributed by atoms with E-state index >= 15 is 0 Å². The van der Waals surface area contributed by atoms with Crippen LogP contribution in [0.5, 0.6) is 0 Å². The third kappa shape index (κ3) is 6.15. The van der Waals surface area contributed by atoms with Crippen LogP contribution in [0.2, 0.25) is 0 Å². The lowest BCUT2D eigenvalue weighted by Crippen LogP contribution is -2.24. The molecule has 0 spiro atoms. The second-order valence-corrected chi connectivity index (χ2v) is 6.68. The lowest BCUT2D eigenvalue weighted by Gasteiger charge is -2.19. The molecule has 0 aliphatic heterocycles. The van der Waals surface area contributed by atoms with Gasteiger partial charge in [-0.2, -0.15) is 0 Å². The lowest BCUT2D eigenvalue weighted by atomic mass is 10.1. The number of rotatable bonds is 4. The van der Waals surface area contributed by atoms with Crippen LogP contribution in [0.3, 0.4) is 0 Å². The molecule has 1 aromatic heterocycles. The van der Waals surface area contributed by atoms with Crippen molar-refractivity contribution >= 4 is 11.9 Å². The van der Waals surface area contributed by atoms with Crippen LogP contribution in [0.15, 0.2) is 42.6 Å². The SMILES string of the molecule is COC(=O)c1ccc(CNC#Cc2ccccc2C(=O)OC(C)(C)C)nc1. The first kappa shape index (κ1) is 20.0. The quantitative estimate of drug-likeness (QED) is 0.509. The van der Waals surface area contributed by atoms with Crippen molar-refractivity contribution in [2.75, 3.05) is 7.11 Å². The van der Waals surface area contributed by atoms with Gasteiger partial charge in [-0.3, -0.25) is 4.98 Å². The first-order valence-corrected chi connectivity index (χ1v) is 8.39. The first-order valence-electron chi connectivity index (χ1n) is 8.39. The van der Waals surface area contributed by atoms with Crippen LogP contribution in [0.1, 0.15) is 52.7 Å². The third-order valence-electron chi connectivity index (χ3n) is 3.35. The summed E-state index contributed by atoms with van der Waals surface area (Å²) >= 11 is 0. The molecule has 6 heteroatoms. The van der Waals surface area contributed by atoms with Crippen LogP contribution in [-0.4, -0.2) is 29.6 Å². The normalized spacial score (nSPS) is 10.4. The fourth-order valence-electron chi connectivity index (χ4n) is 2.12. The van der Waals surface area contributed by atoms with Gasteiger partial charge in [-0.15, -0.1) is 0 Å². The van der Waals surface area contributed by atoms with Crippen molar-refractivity contribution in [3.05, 3.63) is 65.0 Å². The van der Waals surface area contributed by atoms with Gasteiger partial charge in [-0.1, -0.05) is 12.1 Å². The highest BCUT2D eigenvalue weighted by Crippen LogP contribution is 2.15. The van der Waals surface area contributed by atoms with Gasteiger partial charge in [0.1, 0.15) is 5.60 Å². The van der Waals surface area contributed by atoms with E-state index < -0.39 is 17.5 Å². The van der Waals surface area contributed by atoms with Crippen LogP contribution < -0.4 is 5.32 Å². The monoisotopic (exact) mass is 366 g/mol. The number of ether oxygens (including phenoxy) is 2. The number of benzene rings is 1. The Kier molecular flexibility index (Phi) is 6.56. The molecule has 0 aliphatic carbocycles. The zero-order valence-corrected chi connectivity index (χ0v) is 15.8. The van der Waals surface area contributed by atoms with Crippen LogP contribution in [0.25, 0.3) is 0 Å². The summed E-state index contributed by atoms with van der Waals surface area (Å²) in [5.74, 6) is 2.09. The number of hydrogen-bond donors (Lipinski definition) is 1. The molecule has 6 nitrogen and oxygen atoms in total. The average Bonchev–Trinajstić information content (AvgIpc) is 2.64. The Balaban J connectivity index is 2.02. The average molecular weight is 366 g/mol. The van der Waals surface area contributed by atoms with Crippen molar-refractivity contribution < 1.29 is 19.1 Å². The Labute approximate surface area is 158 Å². The minimum absolute atomic E-state index is 0.388. The number of hydrogen-bond acceptors (Lipinski definition) is 6. The zero-order valence-electron chi connectivity index (χ0n) is 15.8. The molecule has 0 atom stereocenters. The molecule has 1 N–H and O–H groups in total. The van der Waals surface area contributed by atoms with Crippen molar-refractivity contribution in [3.63, 3.8) is 0 Å². The van der Waals surface area contributed by atoms with Gasteiger partial charge < -0.3 is 14.8 Å². The van der Waals surface area contributed by atoms with E-state index in [0.29, 0.717) is 23.2 Å². The van der Waals surface area contributed by atoms with Crippen LogP contribution in [0.4, 0.5) is 0 Å². The van der Waals surface area contributed by atoms with Crippen molar-refractivity contribution in [2.45, 2.75) is 32.9 Å². The van der Waals surface area contributed by atoms with Crippen molar-refractivity contribution in [3.8, 4) is 12.0 Å². The Bertz CT molecular complexity index is 872. The van der Waals surface area contributed by atoms with Gasteiger partial charge in [-0.05, 0) is 51.0 Å². The van der Waals surface area contributed by atoms with Gasteiger partial charge in [0, 0.05) is 17.8 Å². The highest BCUT2D eigenvalue weighted by atomic mass is 16.6. The first-order chi connectivity index (χ1) is 12.8. The molecular formula is C21H22N2O4. The summed E-state index contributed by atoms with van der Waals surface area (Å²) in [5.41, 5.74) is 1.53. The fourth-order valence-corrected chi connectivity index (χ4v) is 2.12. The molecule has 0 fully saturated rings. The van der Waals surface area contributed by atoms with E-state index in [0.717, 1.165) is 5.69 Å². The second-order valence-electron chi connectivity index (χ2n) is 6.68. The van der Waals surface area contributed by atoms with Gasteiger partial charge in [0.15, 0.2) is 0 Å². The number of methoxy groups -OCH3 is 1. The summed E-state index contributed by atoms with van der Waals surface area (Å²) in [7, 11) is 1.32. The van der Waals surface area contributed by atoms with E-state index in [4.69, 9.17) is 4.74 Å². The topological polar surface area (TPSA) is 77.5 Å². The highest BCUT2D eigenvalue weighted by molar-refractivity contribution is 5.92. The Hall–Kier alpha value is -3.33. The van der Waals surface area contributed by atoms with Crippen LogP contribution in [-0.2, 0) is 16.0 Å². The largest absolute Gasteiger partial charge is 0.465 e. The number of aromatic nitrogens is 1. The maximum absolute atomic E-state index is 12.3. The summed E-state index contributed by atoms with van der Waals surface area (Å²) in [6.07, 6.45) is 1.45. The number of esters is 2. The molecule has 2 aromatic rings. The van der Waals surface area contributed by atoms with Gasteiger partial charge in [0.2, 0.25) is 0 Å². The highest BCUT2D eigenvalue weighted by Gasteiger charge is 2.19. The molecule has 0 saturated carbocycles. The molecular weight excluding hydrogens is 344 g/mol. The summed E-state index contributed by atoms with van der Waals surface area (Å²) in [6, 6.07) is 13.2. The molecule has 0 bridgehead atoms.